The molecule has 0 spiro atoms. The van der Waals surface area contributed by atoms with Gasteiger partial charge in [-0.2, -0.15) is 0 Å². The van der Waals surface area contributed by atoms with Gasteiger partial charge in [-0.05, 0) is 56.6 Å². The van der Waals surface area contributed by atoms with Crippen LogP contribution in [-0.2, 0) is 0 Å². The van der Waals surface area contributed by atoms with Crippen molar-refractivity contribution < 1.29 is 9.59 Å². The smallest absolute Gasteiger partial charge is 0.263 e. The summed E-state index contributed by atoms with van der Waals surface area (Å²) in [5.74, 6) is -0.595. The van der Waals surface area contributed by atoms with Crippen LogP contribution >= 0.6 is 46.8 Å². The second kappa shape index (κ2) is 9.50. The molecule has 4 aromatic rings. The van der Waals surface area contributed by atoms with E-state index < -0.39 is 5.54 Å². The van der Waals surface area contributed by atoms with E-state index in [1.165, 1.54) is 11.3 Å². The molecule has 0 saturated carbocycles. The Hall–Kier alpha value is -2.71. The highest BCUT2D eigenvalue weighted by molar-refractivity contribution is 7.80. The van der Waals surface area contributed by atoms with Crippen molar-refractivity contribution >= 4 is 90.2 Å². The van der Waals surface area contributed by atoms with Crippen LogP contribution < -0.4 is 16.0 Å². The Balaban J connectivity index is 1.58. The molecule has 0 saturated heterocycles. The number of thiocarbonyl (C=S) groups is 1. The Labute approximate surface area is 216 Å². The summed E-state index contributed by atoms with van der Waals surface area (Å²) in [5, 5.41) is 12.1. The van der Waals surface area contributed by atoms with Gasteiger partial charge in [0, 0.05) is 26.9 Å². The summed E-state index contributed by atoms with van der Waals surface area (Å²) >= 11 is 19.5. The number of carbonyl (C=O) groups is 2. The predicted octanol–water partition coefficient (Wildman–Crippen LogP) is 7.02. The van der Waals surface area contributed by atoms with Crippen molar-refractivity contribution in [2.75, 3.05) is 5.32 Å². The number of amides is 2. The van der Waals surface area contributed by atoms with Gasteiger partial charge in [0.2, 0.25) is 0 Å². The highest BCUT2D eigenvalue weighted by atomic mass is 35.5. The van der Waals surface area contributed by atoms with Gasteiger partial charge in [-0.25, -0.2) is 0 Å². The summed E-state index contributed by atoms with van der Waals surface area (Å²) < 4.78 is 0.764. The molecule has 1 aromatic heterocycles. The van der Waals surface area contributed by atoms with E-state index in [2.05, 4.69) is 16.0 Å². The van der Waals surface area contributed by atoms with Gasteiger partial charge in [0.25, 0.3) is 11.8 Å². The lowest BCUT2D eigenvalue weighted by Gasteiger charge is -2.19. The first-order valence-corrected chi connectivity index (χ1v) is 12.4. The average Bonchev–Trinajstić information content (AvgIpc) is 3.10. The standard InChI is InChI=1S/C25H21Cl2N3O2S2/c1-25(2,3)30-23(32)21-19(27)16-10-6-12-18(20(16)34-21)28-24(33)29-22(31)15-9-4-8-14-13(15)7-5-11-17(14)26/h4-12H,1-3H3,(H,30,32)(H2,28,29,31,33). The van der Waals surface area contributed by atoms with E-state index in [4.69, 9.17) is 35.4 Å². The van der Waals surface area contributed by atoms with Crippen molar-refractivity contribution in [3.8, 4) is 0 Å². The zero-order chi connectivity index (χ0) is 24.6. The molecule has 2 amide bonds. The van der Waals surface area contributed by atoms with E-state index in [1.54, 1.807) is 24.3 Å². The van der Waals surface area contributed by atoms with Gasteiger partial charge in [0.15, 0.2) is 5.11 Å². The molecular weight excluding hydrogens is 509 g/mol. The van der Waals surface area contributed by atoms with Crippen molar-refractivity contribution in [1.29, 1.82) is 0 Å². The van der Waals surface area contributed by atoms with Crippen LogP contribution in [0.25, 0.3) is 20.9 Å². The maximum Gasteiger partial charge on any atom is 0.263 e. The normalized spacial score (nSPS) is 11.4. The molecule has 9 heteroatoms. The fourth-order valence-corrected chi connectivity index (χ4v) is 5.44. The predicted molar refractivity (Wildman–Crippen MR) is 147 cm³/mol. The summed E-state index contributed by atoms with van der Waals surface area (Å²) in [6.45, 7) is 5.72. The Kier molecular flexibility index (Phi) is 6.82. The van der Waals surface area contributed by atoms with E-state index >= 15 is 0 Å². The van der Waals surface area contributed by atoms with Crippen LogP contribution in [0.4, 0.5) is 5.69 Å². The molecule has 0 atom stereocenters. The molecular formula is C25H21Cl2N3O2S2. The lowest BCUT2D eigenvalue weighted by atomic mass is 10.0. The van der Waals surface area contributed by atoms with Gasteiger partial charge in [-0.1, -0.05) is 59.6 Å². The number of fused-ring (bicyclic) bond motifs is 2. The monoisotopic (exact) mass is 529 g/mol. The lowest BCUT2D eigenvalue weighted by molar-refractivity contribution is 0.0922. The van der Waals surface area contributed by atoms with Crippen molar-refractivity contribution in [3.05, 3.63) is 75.1 Å². The second-order valence-electron chi connectivity index (χ2n) is 8.68. The molecule has 34 heavy (non-hydrogen) atoms. The minimum atomic E-state index is -0.393. The minimum absolute atomic E-state index is 0.127. The SMILES string of the molecule is CC(C)(C)NC(=O)c1sc2c(NC(=S)NC(=O)c3cccc4c(Cl)cccc34)cccc2c1Cl. The first-order valence-electron chi connectivity index (χ1n) is 10.4. The summed E-state index contributed by atoms with van der Waals surface area (Å²) in [5.41, 5.74) is 0.711. The molecule has 5 nitrogen and oxygen atoms in total. The Morgan fingerprint density at radius 3 is 2.26 bits per heavy atom. The van der Waals surface area contributed by atoms with E-state index in [0.29, 0.717) is 26.2 Å². The molecule has 0 radical (unpaired) electrons. The molecule has 0 aliphatic heterocycles. The minimum Gasteiger partial charge on any atom is -0.347 e. The van der Waals surface area contributed by atoms with Crippen molar-refractivity contribution in [2.24, 2.45) is 0 Å². The molecule has 3 aromatic carbocycles. The number of nitrogens with one attached hydrogen (secondary N) is 3. The average molecular weight is 531 g/mol. The van der Waals surface area contributed by atoms with E-state index in [0.717, 1.165) is 20.9 Å². The molecule has 174 valence electrons. The summed E-state index contributed by atoms with van der Waals surface area (Å²) in [7, 11) is 0. The van der Waals surface area contributed by atoms with E-state index in [-0.39, 0.29) is 16.9 Å². The summed E-state index contributed by atoms with van der Waals surface area (Å²) in [6, 6.07) is 16.2. The van der Waals surface area contributed by atoms with Crippen molar-refractivity contribution in [3.63, 3.8) is 0 Å². The molecule has 0 fully saturated rings. The number of hydrogen-bond acceptors (Lipinski definition) is 4. The van der Waals surface area contributed by atoms with Gasteiger partial charge in [0.1, 0.15) is 4.88 Å². The maximum absolute atomic E-state index is 13.0. The van der Waals surface area contributed by atoms with Crippen LogP contribution in [0, 0.1) is 0 Å². The number of carbonyl (C=O) groups excluding carboxylic acids is 2. The van der Waals surface area contributed by atoms with Crippen LogP contribution in [0.1, 0.15) is 40.8 Å². The fourth-order valence-electron chi connectivity index (χ4n) is 3.52. The maximum atomic E-state index is 13.0. The van der Waals surface area contributed by atoms with Gasteiger partial charge in [-0.15, -0.1) is 11.3 Å². The molecule has 3 N–H and O–H groups in total. The van der Waals surface area contributed by atoms with Gasteiger partial charge >= 0.3 is 0 Å². The van der Waals surface area contributed by atoms with Crippen LogP contribution in [0.15, 0.2) is 54.6 Å². The van der Waals surface area contributed by atoms with Gasteiger partial charge in [0.05, 0.1) is 15.4 Å². The molecule has 0 aliphatic rings. The van der Waals surface area contributed by atoms with Crippen LogP contribution in [0.3, 0.4) is 0 Å². The third-order valence-electron chi connectivity index (χ3n) is 4.94. The topological polar surface area (TPSA) is 70.2 Å². The quantitative estimate of drug-likeness (QED) is 0.249. The number of rotatable bonds is 3. The Morgan fingerprint density at radius 2 is 1.53 bits per heavy atom. The van der Waals surface area contributed by atoms with Crippen molar-refractivity contribution in [2.45, 2.75) is 26.3 Å². The van der Waals surface area contributed by atoms with Crippen molar-refractivity contribution in [1.82, 2.24) is 10.6 Å². The van der Waals surface area contributed by atoms with Gasteiger partial charge in [-0.3, -0.25) is 14.9 Å². The fraction of sp³-hybridized carbons (Fsp3) is 0.160. The van der Waals surface area contributed by atoms with Crippen LogP contribution in [-0.4, -0.2) is 22.5 Å². The third kappa shape index (κ3) is 5.03. The Bertz CT molecular complexity index is 1460. The first kappa shape index (κ1) is 24.4. The third-order valence-corrected chi connectivity index (χ3v) is 7.21. The highest BCUT2D eigenvalue weighted by Crippen LogP contribution is 2.39. The molecule has 0 aliphatic carbocycles. The number of thiophene rings is 1. The van der Waals surface area contributed by atoms with Crippen LogP contribution in [0.5, 0.6) is 0 Å². The molecule has 0 bridgehead atoms. The zero-order valence-corrected chi connectivity index (χ0v) is 21.7. The van der Waals surface area contributed by atoms with Gasteiger partial charge < -0.3 is 10.6 Å². The van der Waals surface area contributed by atoms with E-state index in [9.17, 15) is 9.59 Å². The summed E-state index contributed by atoms with van der Waals surface area (Å²) in [6.07, 6.45) is 0. The summed E-state index contributed by atoms with van der Waals surface area (Å²) in [4.78, 5) is 26.1. The molecule has 0 unspecified atom stereocenters. The zero-order valence-electron chi connectivity index (χ0n) is 18.6. The largest absolute Gasteiger partial charge is 0.347 e. The number of anilines is 1. The second-order valence-corrected chi connectivity index (χ2v) is 10.9. The lowest BCUT2D eigenvalue weighted by Crippen LogP contribution is -2.40. The first-order chi connectivity index (χ1) is 16.0. The molecule has 4 rings (SSSR count). The highest BCUT2D eigenvalue weighted by Gasteiger charge is 2.23. The Morgan fingerprint density at radius 1 is 0.882 bits per heavy atom. The van der Waals surface area contributed by atoms with E-state index in [1.807, 2.05) is 51.1 Å². The number of hydrogen-bond donors (Lipinski definition) is 3. The number of benzene rings is 3. The number of halogens is 2. The van der Waals surface area contributed by atoms with Crippen LogP contribution in [0.2, 0.25) is 10.0 Å². The molecule has 1 heterocycles.